The van der Waals surface area contributed by atoms with Crippen LogP contribution in [-0.4, -0.2) is 6.29 Å². The van der Waals surface area contributed by atoms with E-state index in [4.69, 9.17) is 0 Å². The van der Waals surface area contributed by atoms with Crippen LogP contribution in [0.25, 0.3) is 6.08 Å². The Morgan fingerprint density at radius 1 is 1.14 bits per heavy atom. The molecular weight excluding hydrogens is 172 g/mol. The Bertz CT molecular complexity index is 363. The second kappa shape index (κ2) is 4.23. The second-order valence-corrected chi connectivity index (χ2v) is 3.82. The number of allylic oxidation sites excluding steroid dienone is 1. The van der Waals surface area contributed by atoms with Gasteiger partial charge in [0.15, 0.2) is 0 Å². The average molecular weight is 188 g/mol. The fraction of sp³-hybridized carbons (Fsp3) is 0.308. The third-order valence-electron chi connectivity index (χ3n) is 2.30. The molecule has 0 unspecified atom stereocenters. The molecule has 0 radical (unpaired) electrons. The van der Waals surface area contributed by atoms with Crippen LogP contribution in [0.3, 0.4) is 0 Å². The van der Waals surface area contributed by atoms with Gasteiger partial charge in [-0.05, 0) is 56.0 Å². The molecule has 0 atom stereocenters. The number of carbonyl (C=O) groups excluding carboxylic acids is 1. The Morgan fingerprint density at radius 2 is 1.64 bits per heavy atom. The molecule has 0 spiro atoms. The molecule has 0 aromatic heterocycles. The summed E-state index contributed by atoms with van der Waals surface area (Å²) in [7, 11) is 0. The lowest BCUT2D eigenvalue weighted by atomic mass is 9.98. The summed E-state index contributed by atoms with van der Waals surface area (Å²) in [5.74, 6) is 0. The molecule has 1 aromatic carbocycles. The summed E-state index contributed by atoms with van der Waals surface area (Å²) in [4.78, 5) is 10.5. The van der Waals surface area contributed by atoms with E-state index in [1.807, 2.05) is 13.0 Å². The number of aryl methyl sites for hydroxylation is 3. The molecule has 0 N–H and O–H groups in total. The van der Waals surface area contributed by atoms with Crippen molar-refractivity contribution in [2.75, 3.05) is 0 Å². The zero-order valence-electron chi connectivity index (χ0n) is 9.22. The van der Waals surface area contributed by atoms with Gasteiger partial charge in [-0.3, -0.25) is 4.79 Å². The van der Waals surface area contributed by atoms with Gasteiger partial charge in [-0.2, -0.15) is 0 Å². The van der Waals surface area contributed by atoms with Gasteiger partial charge in [-0.15, -0.1) is 0 Å². The Kier molecular flexibility index (Phi) is 3.23. The van der Waals surface area contributed by atoms with Crippen LogP contribution in [0, 0.1) is 20.8 Å². The Labute approximate surface area is 85.5 Å². The fourth-order valence-electron chi connectivity index (χ4n) is 1.68. The molecule has 0 fully saturated rings. The van der Waals surface area contributed by atoms with E-state index in [0.717, 1.165) is 11.9 Å². The summed E-state index contributed by atoms with van der Waals surface area (Å²) in [5.41, 5.74) is 5.65. The highest BCUT2D eigenvalue weighted by Gasteiger charge is 2.00. The minimum atomic E-state index is 0.764. The van der Waals surface area contributed by atoms with Crippen molar-refractivity contribution in [2.24, 2.45) is 0 Å². The van der Waals surface area contributed by atoms with Crippen LogP contribution < -0.4 is 0 Å². The number of benzene rings is 1. The van der Waals surface area contributed by atoms with E-state index in [1.165, 1.54) is 22.3 Å². The van der Waals surface area contributed by atoms with E-state index in [-0.39, 0.29) is 0 Å². The molecule has 14 heavy (non-hydrogen) atoms. The highest BCUT2D eigenvalue weighted by Crippen LogP contribution is 2.18. The smallest absolute Gasteiger partial charge is 0.145 e. The SMILES string of the molecule is C/C(C=O)=C\c1c(C)cc(C)cc1C. The summed E-state index contributed by atoms with van der Waals surface area (Å²) in [6.45, 7) is 8.06. The van der Waals surface area contributed by atoms with E-state index in [9.17, 15) is 4.79 Å². The molecular formula is C13H16O. The first-order chi connectivity index (χ1) is 6.54. The predicted octanol–water partition coefficient (Wildman–Crippen LogP) is 3.21. The summed E-state index contributed by atoms with van der Waals surface area (Å²) in [5, 5.41) is 0. The van der Waals surface area contributed by atoms with E-state index in [2.05, 4.69) is 32.9 Å². The van der Waals surface area contributed by atoms with Gasteiger partial charge in [0.1, 0.15) is 6.29 Å². The predicted molar refractivity (Wildman–Crippen MR) is 60.4 cm³/mol. The van der Waals surface area contributed by atoms with Crippen molar-refractivity contribution < 1.29 is 4.79 Å². The zero-order valence-corrected chi connectivity index (χ0v) is 9.22. The topological polar surface area (TPSA) is 17.1 Å². The monoisotopic (exact) mass is 188 g/mol. The van der Waals surface area contributed by atoms with Crippen LogP contribution in [0.2, 0.25) is 0 Å². The molecule has 1 aromatic rings. The molecule has 0 aliphatic carbocycles. The van der Waals surface area contributed by atoms with Gasteiger partial charge < -0.3 is 0 Å². The van der Waals surface area contributed by atoms with Gasteiger partial charge >= 0.3 is 0 Å². The second-order valence-electron chi connectivity index (χ2n) is 3.82. The summed E-state index contributed by atoms with van der Waals surface area (Å²) in [6, 6.07) is 4.27. The largest absolute Gasteiger partial charge is 0.298 e. The van der Waals surface area contributed by atoms with Crippen molar-refractivity contribution in [2.45, 2.75) is 27.7 Å². The van der Waals surface area contributed by atoms with Gasteiger partial charge in [0, 0.05) is 0 Å². The number of aldehydes is 1. The minimum absolute atomic E-state index is 0.764. The zero-order chi connectivity index (χ0) is 10.7. The third-order valence-corrected chi connectivity index (χ3v) is 2.30. The van der Waals surface area contributed by atoms with E-state index in [1.54, 1.807) is 0 Å². The normalized spacial score (nSPS) is 11.6. The van der Waals surface area contributed by atoms with Crippen LogP contribution in [0.1, 0.15) is 29.2 Å². The quantitative estimate of drug-likeness (QED) is 0.514. The molecule has 0 amide bonds. The maximum Gasteiger partial charge on any atom is 0.145 e. The highest BCUT2D eigenvalue weighted by molar-refractivity contribution is 5.81. The molecule has 1 heteroatoms. The standard InChI is InChI=1S/C13H16O/c1-9-5-11(3)13(12(4)6-9)7-10(2)8-14/h5-8H,1-4H3/b10-7+. The Morgan fingerprint density at radius 3 is 2.07 bits per heavy atom. The maximum atomic E-state index is 10.5. The van der Waals surface area contributed by atoms with E-state index < -0.39 is 0 Å². The lowest BCUT2D eigenvalue weighted by Gasteiger charge is -2.07. The molecule has 1 rings (SSSR count). The molecule has 0 heterocycles. The van der Waals surface area contributed by atoms with Gasteiger partial charge in [-0.1, -0.05) is 17.7 Å². The van der Waals surface area contributed by atoms with Crippen molar-refractivity contribution >= 4 is 12.4 Å². The first-order valence-corrected chi connectivity index (χ1v) is 4.76. The fourth-order valence-corrected chi connectivity index (χ4v) is 1.68. The van der Waals surface area contributed by atoms with Gasteiger partial charge in [-0.25, -0.2) is 0 Å². The number of hydrogen-bond acceptors (Lipinski definition) is 1. The lowest BCUT2D eigenvalue weighted by Crippen LogP contribution is -1.89. The van der Waals surface area contributed by atoms with Gasteiger partial charge in [0.2, 0.25) is 0 Å². The first-order valence-electron chi connectivity index (χ1n) is 4.76. The van der Waals surface area contributed by atoms with Crippen molar-refractivity contribution in [3.8, 4) is 0 Å². The van der Waals surface area contributed by atoms with Crippen LogP contribution in [0.5, 0.6) is 0 Å². The third kappa shape index (κ3) is 2.32. The number of hydrogen-bond donors (Lipinski definition) is 0. The van der Waals surface area contributed by atoms with E-state index in [0.29, 0.717) is 0 Å². The van der Waals surface area contributed by atoms with Gasteiger partial charge in [0.05, 0.1) is 0 Å². The molecule has 0 bridgehead atoms. The summed E-state index contributed by atoms with van der Waals surface area (Å²) < 4.78 is 0. The van der Waals surface area contributed by atoms with Crippen molar-refractivity contribution in [3.63, 3.8) is 0 Å². The Balaban J connectivity index is 3.28. The Hall–Kier alpha value is -1.37. The lowest BCUT2D eigenvalue weighted by molar-refractivity contribution is -0.104. The number of carbonyl (C=O) groups is 1. The molecule has 0 saturated carbocycles. The highest BCUT2D eigenvalue weighted by atomic mass is 16.1. The van der Waals surface area contributed by atoms with Crippen LogP contribution in [-0.2, 0) is 4.79 Å². The molecule has 1 nitrogen and oxygen atoms in total. The van der Waals surface area contributed by atoms with Gasteiger partial charge in [0.25, 0.3) is 0 Å². The summed E-state index contributed by atoms with van der Waals surface area (Å²) >= 11 is 0. The summed E-state index contributed by atoms with van der Waals surface area (Å²) in [6.07, 6.45) is 2.83. The van der Waals surface area contributed by atoms with E-state index >= 15 is 0 Å². The molecule has 0 aliphatic heterocycles. The molecule has 0 saturated heterocycles. The van der Waals surface area contributed by atoms with Crippen molar-refractivity contribution in [3.05, 3.63) is 40.0 Å². The van der Waals surface area contributed by atoms with Crippen LogP contribution in [0.15, 0.2) is 17.7 Å². The van der Waals surface area contributed by atoms with Crippen LogP contribution in [0.4, 0.5) is 0 Å². The number of rotatable bonds is 2. The maximum absolute atomic E-state index is 10.5. The van der Waals surface area contributed by atoms with Crippen LogP contribution >= 0.6 is 0 Å². The molecule has 0 aliphatic rings. The minimum Gasteiger partial charge on any atom is -0.298 e. The first kappa shape index (κ1) is 10.7. The molecule has 74 valence electrons. The van der Waals surface area contributed by atoms with Crippen molar-refractivity contribution in [1.29, 1.82) is 0 Å². The van der Waals surface area contributed by atoms with Crippen molar-refractivity contribution in [1.82, 2.24) is 0 Å². The average Bonchev–Trinajstić information content (AvgIpc) is 2.10.